The number of carbonyl (C=O) groups excluding carboxylic acids is 7. The minimum atomic E-state index is -1.28. The number of methoxy groups -OCH3 is 1. The monoisotopic (exact) mass is 1300 g/mol. The van der Waals surface area contributed by atoms with Gasteiger partial charge in [0.2, 0.25) is 23.6 Å². The number of ether oxygens (including phenoxy) is 2. The summed E-state index contributed by atoms with van der Waals surface area (Å²) < 4.78 is 11.4. The average molecular weight is 1300 g/mol. The first kappa shape index (κ1) is 60.7. The molecule has 2 aliphatic heterocycles. The zero-order valence-electron chi connectivity index (χ0n) is 47.1. The summed E-state index contributed by atoms with van der Waals surface area (Å²) >= 11 is 7.22. The molecular weight excluding hydrogens is 1240 g/mol. The number of fused-ring (bicyclic) bond motifs is 14. The van der Waals surface area contributed by atoms with Crippen LogP contribution in [0.3, 0.4) is 0 Å². The Morgan fingerprint density at radius 3 is 2.18 bits per heavy atom. The van der Waals surface area contributed by atoms with Crippen molar-refractivity contribution >= 4 is 115 Å². The van der Waals surface area contributed by atoms with Crippen LogP contribution >= 0.6 is 68.0 Å². The Morgan fingerprint density at radius 2 is 1.43 bits per heavy atom. The first-order valence-electron chi connectivity index (χ1n) is 27.4. The van der Waals surface area contributed by atoms with Gasteiger partial charge in [-0.1, -0.05) is 50.6 Å². The summed E-state index contributed by atoms with van der Waals surface area (Å²) in [7, 11) is 2.94. The molecular formula is C57H56N14O10S6. The van der Waals surface area contributed by atoms with Gasteiger partial charge in [0.1, 0.15) is 94.7 Å². The van der Waals surface area contributed by atoms with E-state index in [1.165, 1.54) is 70.8 Å². The minimum absolute atomic E-state index is 0.000160. The van der Waals surface area contributed by atoms with Crippen molar-refractivity contribution in [1.29, 1.82) is 0 Å². The first-order chi connectivity index (χ1) is 41.9. The van der Waals surface area contributed by atoms with Crippen molar-refractivity contribution < 1.29 is 48.1 Å². The second-order valence-electron chi connectivity index (χ2n) is 20.9. The number of aromatic nitrogens is 7. The topological polar surface area (TPSA) is 347 Å². The highest BCUT2D eigenvalue weighted by molar-refractivity contribution is 7.15. The molecule has 0 saturated heterocycles. The molecule has 1 saturated carbocycles. The molecule has 450 valence electrons. The highest BCUT2D eigenvalue weighted by atomic mass is 32.1. The summed E-state index contributed by atoms with van der Waals surface area (Å²) in [5.41, 5.74) is 8.75. The van der Waals surface area contributed by atoms with E-state index in [1.807, 2.05) is 13.8 Å². The third-order valence-electron chi connectivity index (χ3n) is 14.7. The van der Waals surface area contributed by atoms with Gasteiger partial charge in [-0.15, -0.1) is 68.0 Å². The van der Waals surface area contributed by atoms with Crippen molar-refractivity contribution in [2.24, 2.45) is 28.5 Å². The predicted octanol–water partition coefficient (Wildman–Crippen LogP) is 6.93. The van der Waals surface area contributed by atoms with Crippen molar-refractivity contribution in [2.75, 3.05) is 27.3 Å². The van der Waals surface area contributed by atoms with Crippen molar-refractivity contribution in [3.05, 3.63) is 117 Å². The molecule has 11 rings (SSSR count). The summed E-state index contributed by atoms with van der Waals surface area (Å²) in [5.74, 6) is -4.68. The highest BCUT2D eigenvalue weighted by Crippen LogP contribution is 2.41. The maximum atomic E-state index is 14.4. The van der Waals surface area contributed by atoms with Crippen LogP contribution in [0.15, 0.2) is 69.0 Å². The Morgan fingerprint density at radius 1 is 0.724 bits per heavy atom. The second-order valence-corrected chi connectivity index (χ2v) is 26.7. The zero-order chi connectivity index (χ0) is 61.2. The lowest BCUT2D eigenvalue weighted by Crippen LogP contribution is -2.40. The number of nitrogens with zero attached hydrogens (tertiary/aromatic N) is 8. The minimum Gasteiger partial charge on any atom is -0.474 e. The number of aliphatic imine (C=N–C) groups is 1. The van der Waals surface area contributed by atoms with E-state index >= 15 is 0 Å². The number of benzene rings is 1. The van der Waals surface area contributed by atoms with Crippen LogP contribution < -0.4 is 32.3 Å². The molecule has 8 aromatic rings. The number of amides is 6. The van der Waals surface area contributed by atoms with Gasteiger partial charge in [-0.05, 0) is 43.4 Å². The molecule has 7 atom stereocenters. The molecule has 1 aromatic carbocycles. The van der Waals surface area contributed by atoms with Crippen LogP contribution in [0.25, 0.3) is 43.4 Å². The number of Topliss-reactive ketones (excluding diaryl/α,β-unsaturated/α-hetero) is 1. The molecule has 87 heavy (non-hydrogen) atoms. The van der Waals surface area contributed by atoms with Gasteiger partial charge in [0.25, 0.3) is 17.7 Å². The quantitative estimate of drug-likeness (QED) is 0.0610. The number of aliphatic hydroxyl groups is 1. The van der Waals surface area contributed by atoms with Gasteiger partial charge in [-0.3, -0.25) is 33.6 Å². The molecule has 24 nitrogen and oxygen atoms in total. The number of ketones is 1. The Bertz CT molecular complexity index is 3980. The van der Waals surface area contributed by atoms with E-state index in [0.717, 1.165) is 17.8 Å². The number of thiazole rings is 6. The molecule has 30 heteroatoms. The number of nitrogens with one attached hydrogen (secondary N) is 5. The normalized spacial score (nSPS) is 20.4. The van der Waals surface area contributed by atoms with Crippen LogP contribution in [0, 0.1) is 24.7 Å². The third-order valence-corrected chi connectivity index (χ3v) is 20.4. The summed E-state index contributed by atoms with van der Waals surface area (Å²) in [6, 6.07) is 8.71. The Kier molecular flexibility index (Phi) is 18.3. The molecule has 0 spiro atoms. The number of carbonyl (C=O) groups is 7. The molecule has 10 bridgehead atoms. The fraction of sp³-hybridized carbons (Fsp3) is 0.351. The van der Waals surface area contributed by atoms with E-state index in [9.17, 15) is 38.7 Å². The molecule has 7 aromatic heterocycles. The molecule has 6 amide bonds. The number of pyridine rings is 1. The van der Waals surface area contributed by atoms with Crippen LogP contribution in [0.2, 0.25) is 0 Å². The van der Waals surface area contributed by atoms with Crippen LogP contribution in [0.1, 0.15) is 131 Å². The van der Waals surface area contributed by atoms with Crippen LogP contribution in [0.4, 0.5) is 0 Å². The molecule has 1 aliphatic carbocycles. The SMILES string of the molecule is CC(C)[C@@H]1NC(=O)c2nc(s[13c]2[13CH3])[C@H](CC(=O)N[13CH3])NC(=O)c2csc(n2)-c2[13cH][13cH]c(-c3nc(C4=N[C@H](C(=O)C5CCC[C@H]5C(N)=O)[13CH2]O4)cs3)nc2-c2csc(n2)-c2[13cH]sc(n2)[C@H](C(O)c2ccccc2)NC(=O)CNC(=O)c2nc1s[13c]2[13CH2]O[13CH3]. The lowest BCUT2D eigenvalue weighted by atomic mass is 9.89. The summed E-state index contributed by atoms with van der Waals surface area (Å²) in [6.45, 7) is 4.96. The fourth-order valence-corrected chi connectivity index (χ4v) is 15.8. The van der Waals surface area contributed by atoms with Gasteiger partial charge in [0, 0.05) is 58.0 Å². The number of nitrogens with two attached hydrogens (primary N) is 1. The van der Waals surface area contributed by atoms with Crippen LogP contribution in [-0.4, -0.2) is 120 Å². The maximum absolute atomic E-state index is 14.4. The van der Waals surface area contributed by atoms with E-state index in [4.69, 9.17) is 50.1 Å². The molecule has 0 radical (unpaired) electrons. The number of aryl methyl sites for hydroxylation is 1. The number of hydrogen-bond donors (Lipinski definition) is 7. The van der Waals surface area contributed by atoms with Crippen molar-refractivity contribution in [1.82, 2.24) is 61.5 Å². The molecule has 1 fully saturated rings. The number of hydrogen-bond acceptors (Lipinski definition) is 24. The van der Waals surface area contributed by atoms with Gasteiger partial charge in [-0.25, -0.2) is 39.9 Å². The van der Waals surface area contributed by atoms with Crippen molar-refractivity contribution in [2.45, 2.75) is 83.3 Å². The summed E-state index contributed by atoms with van der Waals surface area (Å²) in [6.07, 6.45) is 0.337. The predicted molar refractivity (Wildman–Crippen MR) is 328 cm³/mol. The van der Waals surface area contributed by atoms with Gasteiger partial charge >= 0.3 is 0 Å². The molecule has 9 heterocycles. The Hall–Kier alpha value is -7.97. The van der Waals surface area contributed by atoms with Crippen molar-refractivity contribution in [3.63, 3.8) is 0 Å². The average Bonchev–Trinajstić information content (AvgIpc) is 3.03. The Balaban J connectivity index is 0.970. The highest BCUT2D eigenvalue weighted by Gasteiger charge is 2.42. The van der Waals surface area contributed by atoms with E-state index < -0.39 is 84.1 Å². The first-order valence-corrected chi connectivity index (χ1v) is 32.6. The summed E-state index contributed by atoms with van der Waals surface area (Å²) in [5, 5.41) is 35.3. The zero-order valence-corrected chi connectivity index (χ0v) is 52.0. The summed E-state index contributed by atoms with van der Waals surface area (Å²) in [4.78, 5) is 135. The van der Waals surface area contributed by atoms with E-state index in [0.29, 0.717) is 87.2 Å². The maximum Gasteiger partial charge on any atom is 0.271 e. The lowest BCUT2D eigenvalue weighted by molar-refractivity contribution is -0.131. The standard InChI is InChI=1S/C57H56N14O10S6/c1-24(2)40-57-71-43(37(87-57)19-80-5)49(78)60-17-39(73)68-44(45(74)26-10-7-6-8-11-26)56-67-36(23-85-56)54-64-33(20-83-54)42-29(52-65-34(21-82-52)48(77)62-31(16-38(72)59-4)55-70-41(25(3)86-55)50(79)69-40)14-15-30(61-42)53-66-35(22-84-53)51-63-32(18-81-51)46(75)27-12-9-13-28(27)47(58)76/h6-8,10-11,14-15,20-24,27-28,31-32,40,44-45,74H,9,12-13,16-19H2,1-5H3,(H2,58,76)(H,59,72)(H,60,78)(H,62,77)(H,68,73)(H,69,79)/t27?,28-,31+,32+,40+,44+,45?/m1/s1/i3+1,4+1,5+1,14+1,15+1,18+1,19+1,23+1,25+1,37+1. The number of rotatable bonds is 12. The van der Waals surface area contributed by atoms with Crippen LogP contribution in [0.5, 0.6) is 0 Å². The molecule has 3 aliphatic rings. The van der Waals surface area contributed by atoms with E-state index in [2.05, 4.69) is 31.6 Å². The smallest absolute Gasteiger partial charge is 0.271 e. The number of aliphatic hydroxyl groups excluding tert-OH is 1. The molecule has 8 N–H and O–H groups in total. The Labute approximate surface area is 521 Å². The largest absolute Gasteiger partial charge is 0.474 e. The van der Waals surface area contributed by atoms with E-state index in [-0.39, 0.29) is 59.3 Å². The van der Waals surface area contributed by atoms with Gasteiger partial charge < -0.3 is 46.9 Å². The fourth-order valence-electron chi connectivity index (χ4n) is 10.2. The third kappa shape index (κ3) is 13.0. The van der Waals surface area contributed by atoms with Gasteiger partial charge in [-0.2, -0.15) is 0 Å². The second kappa shape index (κ2) is 26.2. The van der Waals surface area contributed by atoms with Crippen LogP contribution in [-0.2, 0) is 35.3 Å². The molecule has 2 unspecified atom stereocenters. The van der Waals surface area contributed by atoms with Gasteiger partial charge in [0.15, 0.2) is 5.78 Å². The lowest BCUT2D eigenvalue weighted by Gasteiger charge is -2.23. The van der Waals surface area contributed by atoms with Crippen molar-refractivity contribution in [3.8, 4) is 43.4 Å². The number of primary amides is 1. The van der Waals surface area contributed by atoms with Gasteiger partial charge in [0.05, 0.1) is 42.2 Å². The van der Waals surface area contributed by atoms with E-state index in [1.54, 1.807) is 70.9 Å².